The quantitative estimate of drug-likeness (QED) is 0.816. The molecule has 2 atom stereocenters. The zero-order chi connectivity index (χ0) is 15.5. The number of aromatic nitrogens is 3. The molecule has 6 heteroatoms. The van der Waals surface area contributed by atoms with Crippen LogP contribution in [0.3, 0.4) is 0 Å². The Hall–Kier alpha value is -2.37. The third-order valence-electron chi connectivity index (χ3n) is 3.79. The second-order valence-electron chi connectivity index (χ2n) is 5.33. The van der Waals surface area contributed by atoms with Gasteiger partial charge < -0.3 is 14.2 Å². The van der Waals surface area contributed by atoms with E-state index in [0.29, 0.717) is 35.9 Å². The average molecular weight is 301 g/mol. The number of hydrogen-bond acceptors (Lipinski definition) is 6. The van der Waals surface area contributed by atoms with Gasteiger partial charge in [-0.15, -0.1) is 0 Å². The lowest BCUT2D eigenvalue weighted by Crippen LogP contribution is -2.05. The van der Waals surface area contributed by atoms with E-state index in [0.717, 1.165) is 17.9 Å². The van der Waals surface area contributed by atoms with Gasteiger partial charge in [0.15, 0.2) is 5.75 Å². The smallest absolute Gasteiger partial charge is 0.260 e. The lowest BCUT2D eigenvalue weighted by atomic mass is 10.2. The fourth-order valence-corrected chi connectivity index (χ4v) is 2.39. The summed E-state index contributed by atoms with van der Waals surface area (Å²) in [6.45, 7) is 2.43. The molecule has 1 fully saturated rings. The van der Waals surface area contributed by atoms with E-state index in [1.165, 1.54) is 0 Å². The van der Waals surface area contributed by atoms with E-state index in [-0.39, 0.29) is 0 Å². The largest absolute Gasteiger partial charge is 0.495 e. The van der Waals surface area contributed by atoms with Crippen LogP contribution in [0.2, 0.25) is 0 Å². The van der Waals surface area contributed by atoms with Crippen LogP contribution in [0.1, 0.15) is 23.9 Å². The van der Waals surface area contributed by atoms with Gasteiger partial charge in [-0.1, -0.05) is 0 Å². The summed E-state index contributed by atoms with van der Waals surface area (Å²) >= 11 is 0. The van der Waals surface area contributed by atoms with Crippen molar-refractivity contribution in [1.29, 1.82) is 0 Å². The van der Waals surface area contributed by atoms with E-state index < -0.39 is 0 Å². The number of rotatable bonds is 6. The van der Waals surface area contributed by atoms with Crippen molar-refractivity contribution in [3.8, 4) is 17.4 Å². The Balaban J connectivity index is 1.58. The van der Waals surface area contributed by atoms with E-state index in [4.69, 9.17) is 14.2 Å². The monoisotopic (exact) mass is 301 g/mol. The van der Waals surface area contributed by atoms with Gasteiger partial charge in [-0.25, -0.2) is 4.98 Å². The van der Waals surface area contributed by atoms with E-state index in [1.54, 1.807) is 26.6 Å². The summed E-state index contributed by atoms with van der Waals surface area (Å²) in [4.78, 5) is 12.8. The van der Waals surface area contributed by atoms with Gasteiger partial charge in [-0.05, 0) is 25.5 Å². The molecule has 0 saturated heterocycles. The number of aryl methyl sites for hydroxylation is 1. The summed E-state index contributed by atoms with van der Waals surface area (Å²) in [7, 11) is 3.23. The molecule has 22 heavy (non-hydrogen) atoms. The fourth-order valence-electron chi connectivity index (χ4n) is 2.39. The van der Waals surface area contributed by atoms with Crippen molar-refractivity contribution in [3.05, 3.63) is 36.0 Å². The Bertz CT molecular complexity index is 646. The minimum absolute atomic E-state index is 0.444. The molecule has 2 aromatic rings. The second kappa shape index (κ2) is 6.17. The molecule has 1 aliphatic rings. The third kappa shape index (κ3) is 3.10. The Morgan fingerprint density at radius 3 is 2.68 bits per heavy atom. The van der Waals surface area contributed by atoms with Crippen LogP contribution in [0.5, 0.6) is 17.4 Å². The predicted octanol–water partition coefficient (Wildman–Crippen LogP) is 2.38. The molecule has 0 spiro atoms. The molecule has 0 bridgehead atoms. The third-order valence-corrected chi connectivity index (χ3v) is 3.79. The Kier molecular flexibility index (Phi) is 4.09. The second-order valence-corrected chi connectivity index (χ2v) is 5.33. The maximum Gasteiger partial charge on any atom is 0.260 e. The van der Waals surface area contributed by atoms with Gasteiger partial charge in [0.05, 0.1) is 33.2 Å². The van der Waals surface area contributed by atoms with Gasteiger partial charge >= 0.3 is 0 Å². The zero-order valence-electron chi connectivity index (χ0n) is 12.9. The minimum Gasteiger partial charge on any atom is -0.495 e. The van der Waals surface area contributed by atoms with Gasteiger partial charge in [-0.2, -0.15) is 4.98 Å². The lowest BCUT2D eigenvalue weighted by molar-refractivity contribution is 0.265. The first-order valence-electron chi connectivity index (χ1n) is 7.21. The summed E-state index contributed by atoms with van der Waals surface area (Å²) in [6.07, 6.45) is 4.46. The Morgan fingerprint density at radius 2 is 2.00 bits per heavy atom. The number of hydrogen-bond donors (Lipinski definition) is 0. The van der Waals surface area contributed by atoms with Crippen LogP contribution in [-0.2, 0) is 0 Å². The summed E-state index contributed by atoms with van der Waals surface area (Å²) in [6, 6.07) is 3.95. The van der Waals surface area contributed by atoms with E-state index in [1.807, 2.05) is 19.1 Å². The molecule has 0 aliphatic heterocycles. The number of ether oxygens (including phenoxy) is 3. The molecule has 116 valence electrons. The molecule has 1 aliphatic carbocycles. The zero-order valence-corrected chi connectivity index (χ0v) is 12.9. The summed E-state index contributed by atoms with van der Waals surface area (Å²) in [5, 5.41) is 0. The standard InChI is InChI=1S/C16H19N3O3/c1-10-17-8-15(21-3)16(19-10)22-9-11-6-13(11)14-5-4-12(20-2)7-18-14/h4-5,7-8,11,13H,6,9H2,1-3H3. The van der Waals surface area contributed by atoms with Crippen LogP contribution in [-0.4, -0.2) is 35.8 Å². The van der Waals surface area contributed by atoms with Crippen LogP contribution in [0.15, 0.2) is 24.5 Å². The molecule has 0 radical (unpaired) electrons. The highest BCUT2D eigenvalue weighted by molar-refractivity contribution is 5.31. The molecule has 2 heterocycles. The van der Waals surface area contributed by atoms with Crippen molar-refractivity contribution < 1.29 is 14.2 Å². The average Bonchev–Trinajstić information content (AvgIpc) is 3.33. The lowest BCUT2D eigenvalue weighted by Gasteiger charge is -2.09. The SMILES string of the molecule is COc1ccc(C2CC2COc2nc(C)ncc2OC)nc1. The van der Waals surface area contributed by atoms with E-state index >= 15 is 0 Å². The molecule has 0 aromatic carbocycles. The normalized spacial score (nSPS) is 19.6. The first-order chi connectivity index (χ1) is 10.7. The summed E-state index contributed by atoms with van der Waals surface area (Å²) < 4.78 is 16.1. The number of methoxy groups -OCH3 is 2. The Labute approximate surface area is 129 Å². The minimum atomic E-state index is 0.444. The van der Waals surface area contributed by atoms with Crippen molar-refractivity contribution >= 4 is 0 Å². The van der Waals surface area contributed by atoms with Gasteiger partial charge in [0.1, 0.15) is 11.6 Å². The molecule has 0 amide bonds. The van der Waals surface area contributed by atoms with Crippen LogP contribution in [0, 0.1) is 12.8 Å². The van der Waals surface area contributed by atoms with Crippen molar-refractivity contribution in [1.82, 2.24) is 15.0 Å². The first-order valence-corrected chi connectivity index (χ1v) is 7.21. The van der Waals surface area contributed by atoms with E-state index in [9.17, 15) is 0 Å². The highest BCUT2D eigenvalue weighted by atomic mass is 16.5. The topological polar surface area (TPSA) is 66.4 Å². The maximum absolute atomic E-state index is 5.80. The number of pyridine rings is 1. The molecule has 2 aromatic heterocycles. The van der Waals surface area contributed by atoms with Gasteiger partial charge in [0.25, 0.3) is 5.88 Å². The molecule has 0 N–H and O–H groups in total. The summed E-state index contributed by atoms with van der Waals surface area (Å²) in [5.74, 6) is 3.41. The Morgan fingerprint density at radius 1 is 1.14 bits per heavy atom. The molecule has 1 saturated carbocycles. The first kappa shape index (κ1) is 14.6. The molecular formula is C16H19N3O3. The van der Waals surface area contributed by atoms with Crippen molar-refractivity contribution in [2.75, 3.05) is 20.8 Å². The highest BCUT2D eigenvalue weighted by Gasteiger charge is 2.40. The van der Waals surface area contributed by atoms with Gasteiger partial charge in [0, 0.05) is 17.5 Å². The van der Waals surface area contributed by atoms with Gasteiger partial charge in [0.2, 0.25) is 0 Å². The van der Waals surface area contributed by atoms with Crippen LogP contribution >= 0.6 is 0 Å². The number of nitrogens with zero attached hydrogens (tertiary/aromatic N) is 3. The molecular weight excluding hydrogens is 282 g/mol. The van der Waals surface area contributed by atoms with Crippen molar-refractivity contribution in [3.63, 3.8) is 0 Å². The molecule has 2 unspecified atom stereocenters. The fraction of sp³-hybridized carbons (Fsp3) is 0.438. The highest BCUT2D eigenvalue weighted by Crippen LogP contribution is 2.47. The van der Waals surface area contributed by atoms with Gasteiger partial charge in [-0.3, -0.25) is 4.98 Å². The predicted molar refractivity (Wildman–Crippen MR) is 80.5 cm³/mol. The molecule has 3 rings (SSSR count). The van der Waals surface area contributed by atoms with Crippen LogP contribution < -0.4 is 14.2 Å². The van der Waals surface area contributed by atoms with Crippen molar-refractivity contribution in [2.45, 2.75) is 19.3 Å². The van der Waals surface area contributed by atoms with Crippen molar-refractivity contribution in [2.24, 2.45) is 5.92 Å². The van der Waals surface area contributed by atoms with Crippen LogP contribution in [0.4, 0.5) is 0 Å². The molecule has 6 nitrogen and oxygen atoms in total. The van der Waals surface area contributed by atoms with E-state index in [2.05, 4.69) is 15.0 Å². The van der Waals surface area contributed by atoms with Crippen LogP contribution in [0.25, 0.3) is 0 Å². The summed E-state index contributed by atoms with van der Waals surface area (Å²) in [5.41, 5.74) is 1.08. The maximum atomic E-state index is 5.80.